The van der Waals surface area contributed by atoms with Gasteiger partial charge >= 0.3 is 0 Å². The van der Waals surface area contributed by atoms with Crippen molar-refractivity contribution in [2.24, 2.45) is 5.10 Å². The molecule has 2 rings (SSSR count). The fourth-order valence-corrected chi connectivity index (χ4v) is 1.89. The number of nitrogens with two attached hydrogens (primary N) is 1. The second-order valence-electron chi connectivity index (χ2n) is 4.63. The summed E-state index contributed by atoms with van der Waals surface area (Å²) < 4.78 is 17.4. The van der Waals surface area contributed by atoms with Crippen LogP contribution < -0.4 is 15.2 Å². The Morgan fingerprint density at radius 1 is 1.35 bits per heavy atom. The minimum Gasteiger partial charge on any atom is -0.498 e. The van der Waals surface area contributed by atoms with E-state index in [1.165, 1.54) is 10.9 Å². The van der Waals surface area contributed by atoms with Crippen molar-refractivity contribution in [2.75, 3.05) is 26.1 Å². The number of benzene rings is 1. The van der Waals surface area contributed by atoms with E-state index in [0.29, 0.717) is 30.7 Å². The fourth-order valence-electron chi connectivity index (χ4n) is 1.89. The number of aromatic nitrogens is 2. The van der Waals surface area contributed by atoms with Gasteiger partial charge in [0, 0.05) is 0 Å². The van der Waals surface area contributed by atoms with Crippen molar-refractivity contribution in [3.8, 4) is 11.5 Å². The zero-order chi connectivity index (χ0) is 16.7. The van der Waals surface area contributed by atoms with Crippen LogP contribution in [-0.2, 0) is 4.74 Å². The SMILES string of the molecule is C=COCCOc1ccc(C=Nn2cc(C)nc2N)cc1OC. The Kier molecular flexibility index (Phi) is 5.62. The number of hydrogen-bond donors (Lipinski definition) is 1. The number of nitrogen functional groups attached to an aromatic ring is 1. The molecule has 0 aliphatic rings. The predicted molar refractivity (Wildman–Crippen MR) is 89.0 cm³/mol. The van der Waals surface area contributed by atoms with E-state index in [1.807, 2.05) is 25.1 Å². The van der Waals surface area contributed by atoms with Gasteiger partial charge in [-0.05, 0) is 30.7 Å². The molecular weight excluding hydrogens is 296 g/mol. The zero-order valence-electron chi connectivity index (χ0n) is 13.2. The molecule has 1 aromatic heterocycles. The lowest BCUT2D eigenvalue weighted by Gasteiger charge is -2.11. The van der Waals surface area contributed by atoms with Gasteiger partial charge in [-0.25, -0.2) is 9.66 Å². The Morgan fingerprint density at radius 2 is 2.17 bits per heavy atom. The first-order valence-corrected chi connectivity index (χ1v) is 7.03. The molecule has 122 valence electrons. The predicted octanol–water partition coefficient (Wildman–Crippen LogP) is 2.20. The maximum Gasteiger partial charge on any atom is 0.221 e. The molecule has 0 aliphatic carbocycles. The van der Waals surface area contributed by atoms with E-state index in [9.17, 15) is 0 Å². The molecule has 0 atom stereocenters. The Hall–Kier alpha value is -2.96. The van der Waals surface area contributed by atoms with Crippen LogP contribution in [0.1, 0.15) is 11.3 Å². The summed E-state index contributed by atoms with van der Waals surface area (Å²) in [7, 11) is 1.58. The smallest absolute Gasteiger partial charge is 0.221 e. The molecular formula is C16H20N4O3. The van der Waals surface area contributed by atoms with Crippen molar-refractivity contribution in [1.29, 1.82) is 0 Å². The third kappa shape index (κ3) is 4.50. The molecule has 1 heterocycles. The van der Waals surface area contributed by atoms with Gasteiger partial charge in [0.2, 0.25) is 5.95 Å². The highest BCUT2D eigenvalue weighted by Gasteiger charge is 2.05. The molecule has 0 saturated heterocycles. The van der Waals surface area contributed by atoms with Crippen molar-refractivity contribution < 1.29 is 14.2 Å². The van der Waals surface area contributed by atoms with Crippen LogP contribution in [0.3, 0.4) is 0 Å². The normalized spacial score (nSPS) is 10.7. The number of anilines is 1. The van der Waals surface area contributed by atoms with Gasteiger partial charge in [0.25, 0.3) is 0 Å². The second-order valence-corrected chi connectivity index (χ2v) is 4.63. The topological polar surface area (TPSA) is 83.9 Å². The number of hydrogen-bond acceptors (Lipinski definition) is 6. The van der Waals surface area contributed by atoms with Crippen molar-refractivity contribution in [3.63, 3.8) is 0 Å². The molecule has 2 N–H and O–H groups in total. The summed E-state index contributed by atoms with van der Waals surface area (Å²) in [6, 6.07) is 5.51. The van der Waals surface area contributed by atoms with Crippen molar-refractivity contribution in [3.05, 3.63) is 48.5 Å². The van der Waals surface area contributed by atoms with Crippen LogP contribution in [0.4, 0.5) is 5.95 Å². The van der Waals surface area contributed by atoms with Gasteiger partial charge in [-0.3, -0.25) is 0 Å². The number of ether oxygens (including phenoxy) is 3. The molecule has 0 unspecified atom stereocenters. The number of imidazole rings is 1. The number of methoxy groups -OCH3 is 1. The molecule has 7 heteroatoms. The van der Waals surface area contributed by atoms with E-state index >= 15 is 0 Å². The molecule has 0 saturated carbocycles. The molecule has 1 aromatic carbocycles. The van der Waals surface area contributed by atoms with Crippen LogP contribution in [0.2, 0.25) is 0 Å². The highest BCUT2D eigenvalue weighted by Crippen LogP contribution is 2.27. The molecule has 2 aromatic rings. The van der Waals surface area contributed by atoms with Crippen LogP contribution in [-0.4, -0.2) is 36.2 Å². The minimum atomic E-state index is 0.341. The first-order chi connectivity index (χ1) is 11.1. The summed E-state index contributed by atoms with van der Waals surface area (Å²) in [6.07, 6.45) is 4.80. The summed E-state index contributed by atoms with van der Waals surface area (Å²) in [4.78, 5) is 4.08. The lowest BCUT2D eigenvalue weighted by atomic mass is 10.2. The summed E-state index contributed by atoms with van der Waals surface area (Å²) in [5.74, 6) is 1.59. The van der Waals surface area contributed by atoms with E-state index in [0.717, 1.165) is 11.3 Å². The first-order valence-electron chi connectivity index (χ1n) is 7.03. The quantitative estimate of drug-likeness (QED) is 0.458. The zero-order valence-corrected chi connectivity index (χ0v) is 13.2. The molecule has 23 heavy (non-hydrogen) atoms. The molecule has 0 aliphatic heterocycles. The molecule has 0 spiro atoms. The third-order valence-electron chi connectivity index (χ3n) is 2.93. The van der Waals surface area contributed by atoms with Crippen molar-refractivity contribution in [2.45, 2.75) is 6.92 Å². The minimum absolute atomic E-state index is 0.341. The Balaban J connectivity index is 2.08. The Morgan fingerprint density at radius 3 is 2.83 bits per heavy atom. The van der Waals surface area contributed by atoms with E-state index in [1.54, 1.807) is 19.5 Å². The van der Waals surface area contributed by atoms with E-state index < -0.39 is 0 Å². The van der Waals surface area contributed by atoms with Crippen LogP contribution in [0.25, 0.3) is 0 Å². The third-order valence-corrected chi connectivity index (χ3v) is 2.93. The van der Waals surface area contributed by atoms with Gasteiger partial charge in [0.05, 0.1) is 31.5 Å². The van der Waals surface area contributed by atoms with Gasteiger partial charge in [0.15, 0.2) is 11.5 Å². The maximum absolute atomic E-state index is 5.74. The van der Waals surface area contributed by atoms with E-state index in [2.05, 4.69) is 16.7 Å². The van der Waals surface area contributed by atoms with Crippen LogP contribution in [0.5, 0.6) is 11.5 Å². The van der Waals surface area contributed by atoms with Gasteiger partial charge in [-0.2, -0.15) is 5.10 Å². The van der Waals surface area contributed by atoms with Crippen LogP contribution in [0.15, 0.2) is 42.3 Å². The molecule has 0 radical (unpaired) electrons. The molecule has 0 fully saturated rings. The maximum atomic E-state index is 5.74. The van der Waals surface area contributed by atoms with Gasteiger partial charge < -0.3 is 19.9 Å². The first kappa shape index (κ1) is 16.4. The Labute approximate surface area is 135 Å². The fraction of sp³-hybridized carbons (Fsp3) is 0.250. The summed E-state index contributed by atoms with van der Waals surface area (Å²) >= 11 is 0. The lowest BCUT2D eigenvalue weighted by molar-refractivity contribution is 0.176. The van der Waals surface area contributed by atoms with Crippen LogP contribution in [0, 0.1) is 6.92 Å². The van der Waals surface area contributed by atoms with Gasteiger partial charge in [-0.15, -0.1) is 0 Å². The Bertz CT molecular complexity index is 695. The summed E-state index contributed by atoms with van der Waals surface area (Å²) in [6.45, 7) is 6.16. The van der Waals surface area contributed by atoms with Crippen LogP contribution >= 0.6 is 0 Å². The highest BCUT2D eigenvalue weighted by molar-refractivity contribution is 5.81. The van der Waals surface area contributed by atoms with Crippen molar-refractivity contribution in [1.82, 2.24) is 9.66 Å². The van der Waals surface area contributed by atoms with E-state index in [4.69, 9.17) is 19.9 Å². The average molecular weight is 316 g/mol. The second kappa shape index (κ2) is 7.88. The molecule has 0 bridgehead atoms. The number of aryl methyl sites for hydroxylation is 1. The average Bonchev–Trinajstić information content (AvgIpc) is 2.87. The highest BCUT2D eigenvalue weighted by atomic mass is 16.5. The van der Waals surface area contributed by atoms with Crippen molar-refractivity contribution >= 4 is 12.2 Å². The lowest BCUT2D eigenvalue weighted by Crippen LogP contribution is -2.05. The van der Waals surface area contributed by atoms with Gasteiger partial charge in [0.1, 0.15) is 13.2 Å². The molecule has 7 nitrogen and oxygen atoms in total. The summed E-state index contributed by atoms with van der Waals surface area (Å²) in [5, 5.41) is 4.27. The monoisotopic (exact) mass is 316 g/mol. The largest absolute Gasteiger partial charge is 0.498 e. The standard InChI is InChI=1S/C16H20N4O3/c1-4-22-7-8-23-14-6-5-13(9-15(14)21-3)10-18-20-11-12(2)19-16(20)17/h4-6,9-11H,1,7-8H2,2-3H3,(H2,17,19). The van der Waals surface area contributed by atoms with Gasteiger partial charge in [-0.1, -0.05) is 6.58 Å². The number of rotatable bonds is 8. The summed E-state index contributed by atoms with van der Waals surface area (Å²) in [5.41, 5.74) is 7.40. The molecule has 0 amide bonds. The van der Waals surface area contributed by atoms with E-state index in [-0.39, 0.29) is 0 Å². The number of nitrogens with zero attached hydrogens (tertiary/aromatic N) is 3.